The highest BCUT2D eigenvalue weighted by Crippen LogP contribution is 2.23. The van der Waals surface area contributed by atoms with Crippen molar-refractivity contribution < 1.29 is 17.9 Å². The Labute approximate surface area is 135 Å². The number of nitrogens with zero attached hydrogens (tertiary/aromatic N) is 1. The van der Waals surface area contributed by atoms with Crippen molar-refractivity contribution in [2.24, 2.45) is 0 Å². The predicted octanol–water partition coefficient (Wildman–Crippen LogP) is 1.68. The van der Waals surface area contributed by atoms with Crippen molar-refractivity contribution in [1.29, 1.82) is 0 Å². The number of carbonyl (C=O) groups excluding carboxylic acids is 1. The maximum absolute atomic E-state index is 12.1. The van der Waals surface area contributed by atoms with Gasteiger partial charge in [-0.2, -0.15) is 0 Å². The molecule has 2 amide bonds. The van der Waals surface area contributed by atoms with Gasteiger partial charge < -0.3 is 15.0 Å². The van der Waals surface area contributed by atoms with E-state index in [4.69, 9.17) is 16.3 Å². The van der Waals surface area contributed by atoms with Crippen molar-refractivity contribution in [3.63, 3.8) is 0 Å². The van der Waals surface area contributed by atoms with Crippen molar-refractivity contribution in [1.82, 2.24) is 10.2 Å². The summed E-state index contributed by atoms with van der Waals surface area (Å²) >= 11 is 5.89. The molecule has 2 rings (SSSR count). The van der Waals surface area contributed by atoms with Crippen LogP contribution in [0.15, 0.2) is 18.2 Å². The van der Waals surface area contributed by atoms with Crippen molar-refractivity contribution in [3.8, 4) is 5.75 Å². The zero-order valence-corrected chi connectivity index (χ0v) is 14.1. The Morgan fingerprint density at radius 3 is 2.82 bits per heavy atom. The van der Waals surface area contributed by atoms with Gasteiger partial charge in [-0.05, 0) is 18.6 Å². The first-order chi connectivity index (χ1) is 10.3. The summed E-state index contributed by atoms with van der Waals surface area (Å²) in [5.41, 5.74) is 0.805. The Bertz CT molecular complexity index is 663. The number of sulfone groups is 1. The number of methoxy groups -OCH3 is 1. The third-order valence-electron chi connectivity index (χ3n) is 3.72. The van der Waals surface area contributed by atoms with Crippen LogP contribution in [0.4, 0.5) is 4.79 Å². The monoisotopic (exact) mass is 346 g/mol. The molecule has 0 spiro atoms. The molecule has 1 aromatic carbocycles. The lowest BCUT2D eigenvalue weighted by atomic mass is 10.2. The number of halogens is 1. The zero-order valence-electron chi connectivity index (χ0n) is 12.5. The van der Waals surface area contributed by atoms with Gasteiger partial charge in [-0.1, -0.05) is 17.7 Å². The number of ether oxygens (including phenoxy) is 1. The van der Waals surface area contributed by atoms with Crippen LogP contribution in [0.1, 0.15) is 12.0 Å². The fraction of sp³-hybridized carbons (Fsp3) is 0.500. The molecular formula is C14H19ClN2O4S. The smallest absolute Gasteiger partial charge is 0.317 e. The van der Waals surface area contributed by atoms with Gasteiger partial charge in [0.1, 0.15) is 5.75 Å². The van der Waals surface area contributed by atoms with Gasteiger partial charge in [-0.3, -0.25) is 0 Å². The lowest BCUT2D eigenvalue weighted by Crippen LogP contribution is -2.39. The predicted molar refractivity (Wildman–Crippen MR) is 85.1 cm³/mol. The van der Waals surface area contributed by atoms with Gasteiger partial charge in [-0.15, -0.1) is 0 Å². The van der Waals surface area contributed by atoms with Crippen molar-refractivity contribution in [2.75, 3.05) is 26.5 Å². The van der Waals surface area contributed by atoms with Crippen LogP contribution in [0.3, 0.4) is 0 Å². The summed E-state index contributed by atoms with van der Waals surface area (Å²) in [4.78, 5) is 13.6. The number of nitrogens with one attached hydrogen (secondary N) is 1. The van der Waals surface area contributed by atoms with E-state index in [-0.39, 0.29) is 12.6 Å². The second kappa shape index (κ2) is 6.75. The van der Waals surface area contributed by atoms with Crippen LogP contribution in [-0.4, -0.2) is 51.1 Å². The molecule has 0 radical (unpaired) electrons. The molecule has 1 aliphatic rings. The summed E-state index contributed by atoms with van der Waals surface area (Å²) in [5, 5.41) is 2.86. The molecule has 0 aromatic heterocycles. The SMILES string of the molecule is COc1cc(Cl)ccc1CNC(=O)N1CC[C@H](S(C)(=O)=O)C1. The van der Waals surface area contributed by atoms with Crippen molar-refractivity contribution >= 4 is 27.5 Å². The van der Waals surface area contributed by atoms with Crippen LogP contribution in [0.2, 0.25) is 5.02 Å². The Morgan fingerprint density at radius 1 is 1.50 bits per heavy atom. The molecule has 8 heteroatoms. The van der Waals surface area contributed by atoms with Crippen molar-refractivity contribution in [3.05, 3.63) is 28.8 Å². The third kappa shape index (κ3) is 4.04. The summed E-state index contributed by atoms with van der Waals surface area (Å²) in [6, 6.07) is 4.91. The van der Waals surface area contributed by atoms with Crippen LogP contribution in [0, 0.1) is 0 Å². The van der Waals surface area contributed by atoms with Crippen LogP contribution in [-0.2, 0) is 16.4 Å². The van der Waals surface area contributed by atoms with Gasteiger partial charge in [0.05, 0.1) is 12.4 Å². The number of urea groups is 1. The first-order valence-corrected chi connectivity index (χ1v) is 9.18. The summed E-state index contributed by atoms with van der Waals surface area (Å²) in [5.74, 6) is 0.600. The van der Waals surface area contributed by atoms with Gasteiger partial charge in [-0.25, -0.2) is 13.2 Å². The van der Waals surface area contributed by atoms with Crippen LogP contribution in [0.25, 0.3) is 0 Å². The van der Waals surface area contributed by atoms with E-state index in [1.807, 2.05) is 0 Å². The summed E-state index contributed by atoms with van der Waals surface area (Å²) < 4.78 is 28.2. The average molecular weight is 347 g/mol. The molecule has 1 N–H and O–H groups in total. The molecule has 0 unspecified atom stereocenters. The second-order valence-corrected chi connectivity index (χ2v) is 8.06. The minimum absolute atomic E-state index is 0.239. The fourth-order valence-electron chi connectivity index (χ4n) is 2.41. The first kappa shape index (κ1) is 16.9. The highest BCUT2D eigenvalue weighted by Gasteiger charge is 2.32. The van der Waals surface area contributed by atoms with E-state index in [0.29, 0.717) is 30.3 Å². The van der Waals surface area contributed by atoms with E-state index in [0.717, 1.165) is 5.56 Å². The van der Waals surface area contributed by atoms with E-state index < -0.39 is 15.1 Å². The Balaban J connectivity index is 1.94. The molecule has 1 heterocycles. The first-order valence-electron chi connectivity index (χ1n) is 6.85. The molecule has 1 aliphatic heterocycles. The van der Waals surface area contributed by atoms with E-state index in [9.17, 15) is 13.2 Å². The van der Waals surface area contributed by atoms with E-state index >= 15 is 0 Å². The van der Waals surface area contributed by atoms with Crippen LogP contribution < -0.4 is 10.1 Å². The number of hydrogen-bond acceptors (Lipinski definition) is 4. The lowest BCUT2D eigenvalue weighted by Gasteiger charge is -2.18. The van der Waals surface area contributed by atoms with Crippen molar-refractivity contribution in [2.45, 2.75) is 18.2 Å². The third-order valence-corrected chi connectivity index (χ3v) is 5.55. The highest BCUT2D eigenvalue weighted by atomic mass is 35.5. The fourth-order valence-corrected chi connectivity index (χ4v) is 3.56. The topological polar surface area (TPSA) is 75.7 Å². The number of likely N-dealkylation sites (tertiary alicyclic amines) is 1. The molecular weight excluding hydrogens is 328 g/mol. The quantitative estimate of drug-likeness (QED) is 0.900. The Kier molecular flexibility index (Phi) is 5.18. The highest BCUT2D eigenvalue weighted by molar-refractivity contribution is 7.91. The number of carbonyl (C=O) groups is 1. The summed E-state index contributed by atoms with van der Waals surface area (Å²) in [7, 11) is -1.57. The molecule has 0 aliphatic carbocycles. The van der Waals surface area contributed by atoms with Crippen LogP contribution in [0.5, 0.6) is 5.75 Å². The van der Waals surface area contributed by atoms with Crippen LogP contribution >= 0.6 is 11.6 Å². The minimum atomic E-state index is -3.11. The molecule has 0 saturated carbocycles. The Hall–Kier alpha value is -1.47. The lowest BCUT2D eigenvalue weighted by molar-refractivity contribution is 0.208. The van der Waals surface area contributed by atoms with E-state index in [2.05, 4.69) is 5.32 Å². The van der Waals surface area contributed by atoms with Gasteiger partial charge >= 0.3 is 6.03 Å². The number of rotatable bonds is 4. The normalized spacial score (nSPS) is 18.3. The van der Waals surface area contributed by atoms with Gasteiger partial charge in [0.15, 0.2) is 9.84 Å². The molecule has 0 bridgehead atoms. The number of amides is 2. The molecule has 1 aromatic rings. The summed E-state index contributed by atoms with van der Waals surface area (Å²) in [6.07, 6.45) is 1.69. The standard InChI is InChI=1S/C14H19ClN2O4S/c1-21-13-7-11(15)4-3-10(13)8-16-14(18)17-6-5-12(9-17)22(2,19)20/h3-4,7,12H,5-6,8-9H2,1-2H3,(H,16,18)/t12-/m0/s1. The van der Waals surface area contributed by atoms with Gasteiger partial charge in [0.25, 0.3) is 0 Å². The molecule has 1 saturated heterocycles. The second-order valence-electron chi connectivity index (χ2n) is 5.30. The summed E-state index contributed by atoms with van der Waals surface area (Å²) in [6.45, 7) is 0.975. The molecule has 22 heavy (non-hydrogen) atoms. The maximum atomic E-state index is 12.1. The van der Waals surface area contributed by atoms with E-state index in [1.54, 1.807) is 18.2 Å². The molecule has 122 valence electrons. The van der Waals surface area contributed by atoms with E-state index in [1.165, 1.54) is 18.3 Å². The largest absolute Gasteiger partial charge is 0.496 e. The molecule has 1 atom stereocenters. The number of hydrogen-bond donors (Lipinski definition) is 1. The zero-order chi connectivity index (χ0) is 16.3. The maximum Gasteiger partial charge on any atom is 0.317 e. The van der Waals surface area contributed by atoms with Gasteiger partial charge in [0.2, 0.25) is 0 Å². The molecule has 1 fully saturated rings. The number of benzene rings is 1. The minimum Gasteiger partial charge on any atom is -0.496 e. The van der Waals surface area contributed by atoms with Gasteiger partial charge in [0, 0.05) is 36.5 Å². The Morgan fingerprint density at radius 2 is 2.23 bits per heavy atom. The average Bonchev–Trinajstić information content (AvgIpc) is 2.95. The molecule has 6 nitrogen and oxygen atoms in total.